The van der Waals surface area contributed by atoms with E-state index in [0.717, 1.165) is 12.8 Å². The van der Waals surface area contributed by atoms with Crippen LogP contribution in [0.4, 0.5) is 8.78 Å². The summed E-state index contributed by atoms with van der Waals surface area (Å²) in [5.74, 6) is 0. The molecule has 82 valence electrons. The maximum atomic E-state index is 12.4. The van der Waals surface area contributed by atoms with Crippen LogP contribution in [-0.2, 0) is 0 Å². The van der Waals surface area contributed by atoms with Gasteiger partial charge >= 0.3 is 0 Å². The van der Waals surface area contributed by atoms with Gasteiger partial charge in [-0.25, -0.2) is 0 Å². The first-order chi connectivity index (χ1) is 6.55. The molecule has 1 heterocycles. The molecule has 1 unspecified atom stereocenters. The minimum Gasteiger partial charge on any atom is -0.394 e. The lowest BCUT2D eigenvalue weighted by Gasteiger charge is -2.33. The lowest BCUT2D eigenvalue weighted by molar-refractivity contribution is 0.0755. The molecule has 0 bridgehead atoms. The van der Waals surface area contributed by atoms with E-state index in [-0.39, 0.29) is 18.7 Å². The van der Waals surface area contributed by atoms with Gasteiger partial charge in [0.1, 0.15) is 0 Å². The average Bonchev–Trinajstić information content (AvgIpc) is 2.45. The van der Waals surface area contributed by atoms with Gasteiger partial charge in [0.15, 0.2) is 0 Å². The Hall–Kier alpha value is -0.480. The third-order valence-corrected chi connectivity index (χ3v) is 3.06. The number of halogens is 2. The third-order valence-electron chi connectivity index (χ3n) is 3.06. The van der Waals surface area contributed by atoms with Gasteiger partial charge in [0, 0.05) is 17.7 Å². The number of rotatable bonds is 3. The van der Waals surface area contributed by atoms with Crippen molar-refractivity contribution >= 4 is 0 Å². The molecule has 0 aromatic heterocycles. The highest BCUT2D eigenvalue weighted by molar-refractivity contribution is 5.18. The van der Waals surface area contributed by atoms with Crippen LogP contribution in [0, 0.1) is 0 Å². The van der Waals surface area contributed by atoms with Gasteiger partial charge in [-0.15, -0.1) is 0 Å². The van der Waals surface area contributed by atoms with E-state index in [1.807, 2.05) is 11.8 Å². The largest absolute Gasteiger partial charge is 0.394 e. The zero-order valence-corrected chi connectivity index (χ0v) is 8.69. The van der Waals surface area contributed by atoms with Gasteiger partial charge < -0.3 is 5.11 Å². The Balaban J connectivity index is 2.85. The van der Waals surface area contributed by atoms with Crippen LogP contribution < -0.4 is 0 Å². The molecule has 1 rings (SSSR count). The quantitative estimate of drug-likeness (QED) is 0.761. The standard InChI is InChI=1S/C10H17F2NO/c1-3-4-10(7-14)5-8(9(11)12)6-13(10)2/h14H,3-7H2,1-2H3. The fourth-order valence-corrected chi connectivity index (χ4v) is 2.17. The van der Waals surface area contributed by atoms with Crippen LogP contribution in [0.25, 0.3) is 0 Å². The van der Waals surface area contributed by atoms with E-state index in [1.54, 1.807) is 7.05 Å². The maximum Gasteiger partial charge on any atom is 0.270 e. The van der Waals surface area contributed by atoms with E-state index in [1.165, 1.54) is 0 Å². The maximum absolute atomic E-state index is 12.4. The molecule has 1 atom stereocenters. The SMILES string of the molecule is CCCC1(CO)CC(=C(F)F)CN1C. The van der Waals surface area contributed by atoms with E-state index in [2.05, 4.69) is 0 Å². The van der Waals surface area contributed by atoms with Crippen molar-refractivity contribution in [3.63, 3.8) is 0 Å². The molecular weight excluding hydrogens is 188 g/mol. The normalized spacial score (nSPS) is 28.5. The molecule has 1 aliphatic heterocycles. The summed E-state index contributed by atoms with van der Waals surface area (Å²) in [7, 11) is 1.79. The van der Waals surface area contributed by atoms with Crippen molar-refractivity contribution in [2.45, 2.75) is 31.7 Å². The van der Waals surface area contributed by atoms with Crippen LogP contribution in [0.2, 0.25) is 0 Å². The summed E-state index contributed by atoms with van der Waals surface area (Å²) in [6, 6.07) is 0. The summed E-state index contributed by atoms with van der Waals surface area (Å²) in [6.07, 6.45) is 0.377. The van der Waals surface area contributed by atoms with Crippen LogP contribution in [0.5, 0.6) is 0 Å². The topological polar surface area (TPSA) is 23.5 Å². The Labute approximate surface area is 83.2 Å². The van der Waals surface area contributed by atoms with Crippen molar-refractivity contribution in [3.8, 4) is 0 Å². The number of aliphatic hydroxyl groups is 1. The number of hydrogen-bond acceptors (Lipinski definition) is 2. The van der Waals surface area contributed by atoms with Gasteiger partial charge in [0.05, 0.1) is 6.61 Å². The van der Waals surface area contributed by atoms with Crippen LogP contribution >= 0.6 is 0 Å². The number of aliphatic hydroxyl groups excluding tert-OH is 1. The van der Waals surface area contributed by atoms with Gasteiger partial charge in [0.2, 0.25) is 0 Å². The van der Waals surface area contributed by atoms with E-state index in [0.29, 0.717) is 6.42 Å². The number of hydrogen-bond donors (Lipinski definition) is 1. The summed E-state index contributed by atoms with van der Waals surface area (Å²) < 4.78 is 24.8. The van der Waals surface area contributed by atoms with Crippen molar-refractivity contribution in [1.82, 2.24) is 4.90 Å². The fourth-order valence-electron chi connectivity index (χ4n) is 2.17. The monoisotopic (exact) mass is 205 g/mol. The fraction of sp³-hybridized carbons (Fsp3) is 0.800. The second-order valence-corrected chi connectivity index (χ2v) is 4.03. The Morgan fingerprint density at radius 2 is 2.21 bits per heavy atom. The Morgan fingerprint density at radius 3 is 2.57 bits per heavy atom. The molecule has 0 aromatic carbocycles. The third kappa shape index (κ3) is 1.96. The molecule has 0 spiro atoms. The Kier molecular flexibility index (Phi) is 3.61. The van der Waals surface area contributed by atoms with Crippen molar-refractivity contribution in [2.75, 3.05) is 20.2 Å². The van der Waals surface area contributed by atoms with Crippen molar-refractivity contribution in [1.29, 1.82) is 0 Å². The molecular formula is C10H17F2NO. The molecule has 1 N–H and O–H groups in total. The highest BCUT2D eigenvalue weighted by Gasteiger charge is 2.41. The van der Waals surface area contributed by atoms with Gasteiger partial charge in [-0.05, 0) is 19.9 Å². The van der Waals surface area contributed by atoms with E-state index < -0.39 is 11.6 Å². The van der Waals surface area contributed by atoms with Crippen LogP contribution in [0.15, 0.2) is 11.7 Å². The Bertz CT molecular complexity index is 238. The van der Waals surface area contributed by atoms with E-state index in [9.17, 15) is 13.9 Å². The minimum atomic E-state index is -1.58. The first-order valence-electron chi connectivity index (χ1n) is 4.91. The van der Waals surface area contributed by atoms with Gasteiger partial charge in [-0.1, -0.05) is 13.3 Å². The van der Waals surface area contributed by atoms with Crippen LogP contribution in [0.3, 0.4) is 0 Å². The molecule has 1 fully saturated rings. The van der Waals surface area contributed by atoms with Crippen molar-refractivity contribution < 1.29 is 13.9 Å². The smallest absolute Gasteiger partial charge is 0.270 e. The number of likely N-dealkylation sites (tertiary alicyclic amines) is 1. The van der Waals surface area contributed by atoms with Crippen LogP contribution in [0.1, 0.15) is 26.2 Å². The van der Waals surface area contributed by atoms with Gasteiger partial charge in [-0.2, -0.15) is 8.78 Å². The molecule has 0 aromatic rings. The lowest BCUT2D eigenvalue weighted by Crippen LogP contribution is -2.44. The summed E-state index contributed by atoms with van der Waals surface area (Å²) in [6.45, 7) is 2.23. The second kappa shape index (κ2) is 4.36. The molecule has 2 nitrogen and oxygen atoms in total. The Morgan fingerprint density at radius 1 is 1.57 bits per heavy atom. The zero-order valence-electron chi connectivity index (χ0n) is 8.69. The minimum absolute atomic E-state index is 0.0475. The molecule has 1 saturated heterocycles. The first kappa shape index (κ1) is 11.6. The molecule has 0 aliphatic carbocycles. The van der Waals surface area contributed by atoms with Gasteiger partial charge in [0.25, 0.3) is 6.08 Å². The number of likely N-dealkylation sites (N-methyl/N-ethyl adjacent to an activating group) is 1. The molecule has 1 aliphatic rings. The molecule has 14 heavy (non-hydrogen) atoms. The van der Waals surface area contributed by atoms with Crippen LogP contribution in [-0.4, -0.2) is 35.7 Å². The highest BCUT2D eigenvalue weighted by atomic mass is 19.3. The lowest BCUT2D eigenvalue weighted by atomic mass is 9.91. The molecule has 0 saturated carbocycles. The summed E-state index contributed by atoms with van der Waals surface area (Å²) >= 11 is 0. The summed E-state index contributed by atoms with van der Waals surface area (Å²) in [5.41, 5.74) is -0.275. The van der Waals surface area contributed by atoms with Gasteiger partial charge in [-0.3, -0.25) is 4.90 Å². The second-order valence-electron chi connectivity index (χ2n) is 4.03. The predicted molar refractivity (Wildman–Crippen MR) is 51.2 cm³/mol. The zero-order chi connectivity index (χ0) is 10.8. The van der Waals surface area contributed by atoms with E-state index >= 15 is 0 Å². The molecule has 0 radical (unpaired) electrons. The summed E-state index contributed by atoms with van der Waals surface area (Å²) in [5, 5.41) is 9.31. The summed E-state index contributed by atoms with van der Waals surface area (Å²) in [4.78, 5) is 1.84. The number of nitrogens with zero attached hydrogens (tertiary/aromatic N) is 1. The highest BCUT2D eigenvalue weighted by Crippen LogP contribution is 2.36. The average molecular weight is 205 g/mol. The van der Waals surface area contributed by atoms with E-state index in [4.69, 9.17) is 0 Å². The molecule has 0 amide bonds. The van der Waals surface area contributed by atoms with Crippen molar-refractivity contribution in [3.05, 3.63) is 11.7 Å². The first-order valence-corrected chi connectivity index (χ1v) is 4.91. The predicted octanol–water partition coefficient (Wildman–Crippen LogP) is 2.00. The molecule has 4 heteroatoms. The van der Waals surface area contributed by atoms with Crippen molar-refractivity contribution in [2.24, 2.45) is 0 Å².